The molecule has 1 N–H and O–H groups in total. The molecule has 0 saturated carbocycles. The van der Waals surface area contributed by atoms with E-state index in [1.54, 1.807) is 37.3 Å². The number of hydrogen-bond donors (Lipinski definition) is 1. The maximum atomic E-state index is 13.5. The van der Waals surface area contributed by atoms with Crippen molar-refractivity contribution in [1.82, 2.24) is 4.31 Å². The highest BCUT2D eigenvalue weighted by Gasteiger charge is 2.27. The number of ether oxygens (including phenoxy) is 1. The standard InChI is InChI=1S/C25H27ClN2O4S/c1-18-9-10-21(26)16-23(18)27-25(29)17-28(14-13-20-7-5-4-6-8-20)33(30,31)22-11-12-24(32-3)19(2)15-22/h4-12,15-16H,13-14,17H2,1-3H3,(H,27,29). The third-order valence-electron chi connectivity index (χ3n) is 5.29. The predicted octanol–water partition coefficient (Wildman–Crippen LogP) is 4.84. The summed E-state index contributed by atoms with van der Waals surface area (Å²) in [6.07, 6.45) is 0.471. The SMILES string of the molecule is COc1ccc(S(=O)(=O)N(CCc2ccccc2)CC(=O)Nc2cc(Cl)ccc2C)cc1C. The number of amides is 1. The predicted molar refractivity (Wildman–Crippen MR) is 131 cm³/mol. The molecule has 0 aliphatic carbocycles. The molecule has 1 amide bonds. The molecule has 0 saturated heterocycles. The van der Waals surface area contributed by atoms with E-state index in [4.69, 9.17) is 16.3 Å². The molecule has 174 valence electrons. The number of carbonyl (C=O) groups is 1. The van der Waals surface area contributed by atoms with Gasteiger partial charge in [0.05, 0.1) is 18.6 Å². The van der Waals surface area contributed by atoms with Crippen LogP contribution in [0.2, 0.25) is 5.02 Å². The van der Waals surface area contributed by atoms with Gasteiger partial charge in [-0.05, 0) is 67.3 Å². The molecule has 0 aliphatic heterocycles. The number of nitrogens with one attached hydrogen (secondary N) is 1. The highest BCUT2D eigenvalue weighted by atomic mass is 35.5. The molecule has 0 radical (unpaired) electrons. The van der Waals surface area contributed by atoms with Crippen molar-refractivity contribution < 1.29 is 17.9 Å². The fourth-order valence-corrected chi connectivity index (χ4v) is 5.08. The molecule has 3 aromatic carbocycles. The summed E-state index contributed by atoms with van der Waals surface area (Å²) >= 11 is 6.05. The van der Waals surface area contributed by atoms with Gasteiger partial charge in [0.25, 0.3) is 0 Å². The molecule has 0 bridgehead atoms. The Hall–Kier alpha value is -2.87. The van der Waals surface area contributed by atoms with Gasteiger partial charge in [0.2, 0.25) is 15.9 Å². The Labute approximate surface area is 200 Å². The fourth-order valence-electron chi connectivity index (χ4n) is 3.42. The van der Waals surface area contributed by atoms with E-state index in [9.17, 15) is 13.2 Å². The van der Waals surface area contributed by atoms with E-state index in [0.717, 1.165) is 11.1 Å². The average molecular weight is 487 g/mol. The second-order valence-electron chi connectivity index (χ2n) is 7.71. The summed E-state index contributed by atoms with van der Waals surface area (Å²) in [6.45, 7) is 3.45. The van der Waals surface area contributed by atoms with Crippen molar-refractivity contribution in [3.05, 3.63) is 88.4 Å². The van der Waals surface area contributed by atoms with Crippen LogP contribution in [-0.2, 0) is 21.2 Å². The molecular formula is C25H27ClN2O4S. The lowest BCUT2D eigenvalue weighted by molar-refractivity contribution is -0.116. The number of rotatable bonds is 9. The molecule has 0 aromatic heterocycles. The van der Waals surface area contributed by atoms with Crippen LogP contribution in [0.4, 0.5) is 5.69 Å². The van der Waals surface area contributed by atoms with Crippen LogP contribution in [0.25, 0.3) is 0 Å². The highest BCUT2D eigenvalue weighted by molar-refractivity contribution is 7.89. The van der Waals surface area contributed by atoms with Crippen molar-refractivity contribution in [2.24, 2.45) is 0 Å². The molecule has 3 rings (SSSR count). The Morgan fingerprint density at radius 3 is 2.39 bits per heavy atom. The number of sulfonamides is 1. The number of hydrogen-bond acceptors (Lipinski definition) is 4. The van der Waals surface area contributed by atoms with Gasteiger partial charge in [0.1, 0.15) is 5.75 Å². The summed E-state index contributed by atoms with van der Waals surface area (Å²) in [5.41, 5.74) is 3.06. The van der Waals surface area contributed by atoms with E-state index in [2.05, 4.69) is 5.32 Å². The van der Waals surface area contributed by atoms with Crippen molar-refractivity contribution in [2.75, 3.05) is 25.5 Å². The number of benzene rings is 3. The lowest BCUT2D eigenvalue weighted by Crippen LogP contribution is -2.39. The maximum Gasteiger partial charge on any atom is 0.243 e. The Morgan fingerprint density at radius 1 is 1.00 bits per heavy atom. The summed E-state index contributed by atoms with van der Waals surface area (Å²) in [5, 5.41) is 3.27. The molecule has 0 aliphatic rings. The Morgan fingerprint density at radius 2 is 1.73 bits per heavy atom. The Balaban J connectivity index is 1.87. The van der Waals surface area contributed by atoms with Crippen LogP contribution in [0, 0.1) is 13.8 Å². The van der Waals surface area contributed by atoms with Crippen molar-refractivity contribution in [3.8, 4) is 5.75 Å². The first-order chi connectivity index (χ1) is 15.7. The zero-order chi connectivity index (χ0) is 24.0. The van der Waals surface area contributed by atoms with Gasteiger partial charge in [0.15, 0.2) is 0 Å². The van der Waals surface area contributed by atoms with Crippen LogP contribution in [-0.4, -0.2) is 38.8 Å². The van der Waals surface area contributed by atoms with Crippen LogP contribution >= 0.6 is 11.6 Å². The van der Waals surface area contributed by atoms with Crippen LogP contribution in [0.15, 0.2) is 71.6 Å². The second-order valence-corrected chi connectivity index (χ2v) is 10.1. The van der Waals surface area contributed by atoms with Gasteiger partial charge in [-0.3, -0.25) is 4.79 Å². The number of methoxy groups -OCH3 is 1. The van der Waals surface area contributed by atoms with Crippen LogP contribution in [0.5, 0.6) is 5.75 Å². The highest BCUT2D eigenvalue weighted by Crippen LogP contribution is 2.25. The van der Waals surface area contributed by atoms with Crippen LogP contribution in [0.3, 0.4) is 0 Å². The van der Waals surface area contributed by atoms with E-state index in [1.807, 2.05) is 37.3 Å². The number of carbonyl (C=O) groups excluding carboxylic acids is 1. The van der Waals surface area contributed by atoms with E-state index in [1.165, 1.54) is 17.5 Å². The van der Waals surface area contributed by atoms with Crippen molar-refractivity contribution in [2.45, 2.75) is 25.2 Å². The van der Waals surface area contributed by atoms with E-state index in [0.29, 0.717) is 28.4 Å². The van der Waals surface area contributed by atoms with Crippen molar-refractivity contribution in [1.29, 1.82) is 0 Å². The first-order valence-electron chi connectivity index (χ1n) is 10.5. The van der Waals surface area contributed by atoms with Crippen LogP contribution in [0.1, 0.15) is 16.7 Å². The summed E-state index contributed by atoms with van der Waals surface area (Å²) in [6, 6.07) is 19.4. The van der Waals surface area contributed by atoms with Gasteiger partial charge in [-0.1, -0.05) is 48.0 Å². The summed E-state index contributed by atoms with van der Waals surface area (Å²) in [5.74, 6) is 0.154. The molecule has 8 heteroatoms. The topological polar surface area (TPSA) is 75.7 Å². The molecule has 6 nitrogen and oxygen atoms in total. The summed E-state index contributed by atoms with van der Waals surface area (Å²) in [4.78, 5) is 13.0. The zero-order valence-electron chi connectivity index (χ0n) is 18.8. The number of aryl methyl sites for hydroxylation is 2. The normalized spacial score (nSPS) is 11.4. The first-order valence-corrected chi connectivity index (χ1v) is 12.3. The van der Waals surface area contributed by atoms with E-state index >= 15 is 0 Å². The fraction of sp³-hybridized carbons (Fsp3) is 0.240. The van der Waals surface area contributed by atoms with Crippen molar-refractivity contribution in [3.63, 3.8) is 0 Å². The average Bonchev–Trinajstić information content (AvgIpc) is 2.79. The molecule has 0 atom stereocenters. The van der Waals surface area contributed by atoms with Crippen LogP contribution < -0.4 is 10.1 Å². The first kappa shape index (κ1) is 24.8. The van der Waals surface area contributed by atoms with Gasteiger partial charge in [0, 0.05) is 17.3 Å². The number of nitrogens with zero attached hydrogens (tertiary/aromatic N) is 1. The minimum Gasteiger partial charge on any atom is -0.496 e. The third kappa shape index (κ3) is 6.35. The van der Waals surface area contributed by atoms with Gasteiger partial charge < -0.3 is 10.1 Å². The molecule has 0 spiro atoms. The van der Waals surface area contributed by atoms with E-state index < -0.39 is 15.9 Å². The zero-order valence-corrected chi connectivity index (χ0v) is 20.4. The van der Waals surface area contributed by atoms with Crippen molar-refractivity contribution >= 4 is 33.2 Å². The maximum absolute atomic E-state index is 13.5. The molecule has 3 aromatic rings. The van der Waals surface area contributed by atoms with E-state index in [-0.39, 0.29) is 18.0 Å². The lowest BCUT2D eigenvalue weighted by atomic mass is 10.1. The third-order valence-corrected chi connectivity index (χ3v) is 7.37. The minimum absolute atomic E-state index is 0.112. The molecule has 0 unspecified atom stereocenters. The quantitative estimate of drug-likeness (QED) is 0.469. The molecular weight excluding hydrogens is 460 g/mol. The van der Waals surface area contributed by atoms with Gasteiger partial charge in [-0.2, -0.15) is 4.31 Å². The summed E-state index contributed by atoms with van der Waals surface area (Å²) in [7, 11) is -2.40. The molecule has 33 heavy (non-hydrogen) atoms. The largest absolute Gasteiger partial charge is 0.496 e. The van der Waals surface area contributed by atoms with Gasteiger partial charge in [-0.15, -0.1) is 0 Å². The minimum atomic E-state index is -3.93. The number of anilines is 1. The number of halogens is 1. The summed E-state index contributed by atoms with van der Waals surface area (Å²) < 4.78 is 33.4. The van der Waals surface area contributed by atoms with Gasteiger partial charge in [-0.25, -0.2) is 8.42 Å². The molecule has 0 heterocycles. The monoisotopic (exact) mass is 486 g/mol. The smallest absolute Gasteiger partial charge is 0.243 e. The Kier molecular flexibility index (Phi) is 8.13. The molecule has 0 fully saturated rings. The van der Waals surface area contributed by atoms with Gasteiger partial charge >= 0.3 is 0 Å². The lowest BCUT2D eigenvalue weighted by Gasteiger charge is -2.23. The second kappa shape index (κ2) is 10.8. The Bertz CT molecular complexity index is 1230.